The molecule has 0 nitrogen and oxygen atoms in total. The highest BCUT2D eigenvalue weighted by molar-refractivity contribution is 4.99. The summed E-state index contributed by atoms with van der Waals surface area (Å²) in [4.78, 5) is 0. The van der Waals surface area contributed by atoms with Crippen molar-refractivity contribution in [3.63, 3.8) is 0 Å². The van der Waals surface area contributed by atoms with Crippen LogP contribution in [0.25, 0.3) is 0 Å². The first-order valence-electron chi connectivity index (χ1n) is 4.02. The SMILES string of the molecule is C=CCCC.c1ccccc1. The minimum Gasteiger partial charge on any atom is -0.103 e. The Bertz CT molecular complexity index is 126. The third-order valence-corrected chi connectivity index (χ3v) is 1.16. The van der Waals surface area contributed by atoms with Crippen molar-refractivity contribution in [2.75, 3.05) is 0 Å². The van der Waals surface area contributed by atoms with E-state index in [2.05, 4.69) is 13.5 Å². The number of rotatable bonds is 2. The van der Waals surface area contributed by atoms with Crippen molar-refractivity contribution in [1.82, 2.24) is 0 Å². The first-order valence-corrected chi connectivity index (χ1v) is 4.02. The van der Waals surface area contributed by atoms with Crippen LogP contribution in [-0.2, 0) is 0 Å². The molecule has 11 heavy (non-hydrogen) atoms. The van der Waals surface area contributed by atoms with Crippen molar-refractivity contribution in [2.45, 2.75) is 19.8 Å². The molecule has 0 atom stereocenters. The maximum Gasteiger partial charge on any atom is -0.0356 e. The number of hydrogen-bond acceptors (Lipinski definition) is 0. The average molecular weight is 148 g/mol. The van der Waals surface area contributed by atoms with E-state index < -0.39 is 0 Å². The van der Waals surface area contributed by atoms with Gasteiger partial charge in [-0.05, 0) is 6.42 Å². The summed E-state index contributed by atoms with van der Waals surface area (Å²) in [6, 6.07) is 12.0. The van der Waals surface area contributed by atoms with Gasteiger partial charge in [0.2, 0.25) is 0 Å². The van der Waals surface area contributed by atoms with Crippen molar-refractivity contribution >= 4 is 0 Å². The van der Waals surface area contributed by atoms with Gasteiger partial charge in [0.05, 0.1) is 0 Å². The maximum absolute atomic E-state index is 3.55. The van der Waals surface area contributed by atoms with Crippen molar-refractivity contribution in [3.05, 3.63) is 49.1 Å². The Morgan fingerprint density at radius 2 is 1.36 bits per heavy atom. The summed E-state index contributed by atoms with van der Waals surface area (Å²) in [6.07, 6.45) is 4.31. The summed E-state index contributed by atoms with van der Waals surface area (Å²) >= 11 is 0. The van der Waals surface area contributed by atoms with E-state index in [0.29, 0.717) is 0 Å². The lowest BCUT2D eigenvalue weighted by Gasteiger charge is -1.72. The van der Waals surface area contributed by atoms with Gasteiger partial charge in [-0.1, -0.05) is 55.8 Å². The highest BCUT2D eigenvalue weighted by Crippen LogP contribution is 1.82. The molecule has 0 spiro atoms. The van der Waals surface area contributed by atoms with Crippen LogP contribution in [0.5, 0.6) is 0 Å². The highest BCUT2D eigenvalue weighted by atomic mass is 13.7. The van der Waals surface area contributed by atoms with E-state index in [-0.39, 0.29) is 0 Å². The Morgan fingerprint density at radius 3 is 1.45 bits per heavy atom. The topological polar surface area (TPSA) is 0 Å². The van der Waals surface area contributed by atoms with E-state index in [0.717, 1.165) is 6.42 Å². The molecule has 0 aliphatic heterocycles. The average Bonchev–Trinajstić information content (AvgIpc) is 2.10. The van der Waals surface area contributed by atoms with Gasteiger partial charge in [0.1, 0.15) is 0 Å². The number of unbranched alkanes of at least 4 members (excludes halogenated alkanes) is 1. The van der Waals surface area contributed by atoms with Crippen molar-refractivity contribution in [1.29, 1.82) is 0 Å². The van der Waals surface area contributed by atoms with Crippen LogP contribution in [0.1, 0.15) is 19.8 Å². The Balaban J connectivity index is 0.000000187. The summed E-state index contributed by atoms with van der Waals surface area (Å²) in [6.45, 7) is 5.69. The lowest BCUT2D eigenvalue weighted by molar-refractivity contribution is 0.961. The van der Waals surface area contributed by atoms with Gasteiger partial charge in [0.15, 0.2) is 0 Å². The van der Waals surface area contributed by atoms with Crippen LogP contribution in [0.2, 0.25) is 0 Å². The molecule has 0 aliphatic carbocycles. The zero-order valence-corrected chi connectivity index (χ0v) is 7.16. The van der Waals surface area contributed by atoms with Crippen LogP contribution < -0.4 is 0 Å². The lowest BCUT2D eigenvalue weighted by atomic mass is 10.3. The standard InChI is InChI=1S/C6H6.C5H10/c1-2-4-6-5-3-1;1-3-5-4-2/h1-6H;3H,1,4-5H2,2H3. The normalized spacial score (nSPS) is 7.73. The third-order valence-electron chi connectivity index (χ3n) is 1.16. The summed E-state index contributed by atoms with van der Waals surface area (Å²) in [5, 5.41) is 0. The molecule has 60 valence electrons. The van der Waals surface area contributed by atoms with Crippen LogP contribution in [0.3, 0.4) is 0 Å². The Morgan fingerprint density at radius 1 is 1.00 bits per heavy atom. The van der Waals surface area contributed by atoms with Gasteiger partial charge in [-0.15, -0.1) is 6.58 Å². The van der Waals surface area contributed by atoms with Crippen molar-refractivity contribution in [2.24, 2.45) is 0 Å². The largest absolute Gasteiger partial charge is 0.103 e. The molecule has 0 aromatic heterocycles. The summed E-state index contributed by atoms with van der Waals surface area (Å²) in [5.41, 5.74) is 0. The van der Waals surface area contributed by atoms with Crippen LogP contribution >= 0.6 is 0 Å². The smallest absolute Gasteiger partial charge is 0.0356 e. The second kappa shape index (κ2) is 8.96. The van der Waals surface area contributed by atoms with Gasteiger partial charge in [0, 0.05) is 0 Å². The lowest BCUT2D eigenvalue weighted by Crippen LogP contribution is -1.52. The number of allylic oxidation sites excluding steroid dienone is 1. The van der Waals surface area contributed by atoms with E-state index in [9.17, 15) is 0 Å². The number of benzene rings is 1. The minimum atomic E-state index is 1.15. The van der Waals surface area contributed by atoms with Gasteiger partial charge < -0.3 is 0 Å². The van der Waals surface area contributed by atoms with E-state index >= 15 is 0 Å². The Kier molecular flexibility index (Phi) is 8.11. The predicted molar refractivity (Wildman–Crippen MR) is 51.5 cm³/mol. The summed E-state index contributed by atoms with van der Waals surface area (Å²) in [5.74, 6) is 0. The maximum atomic E-state index is 3.55. The Labute approximate surface area is 69.6 Å². The van der Waals surface area contributed by atoms with Gasteiger partial charge in [-0.3, -0.25) is 0 Å². The molecule has 0 bridgehead atoms. The van der Waals surface area contributed by atoms with E-state index in [1.54, 1.807) is 0 Å². The molecule has 0 aliphatic rings. The van der Waals surface area contributed by atoms with Crippen LogP contribution in [0.4, 0.5) is 0 Å². The molecule has 0 N–H and O–H groups in total. The van der Waals surface area contributed by atoms with E-state index in [4.69, 9.17) is 0 Å². The third kappa shape index (κ3) is 8.96. The molecule has 0 unspecified atom stereocenters. The van der Waals surface area contributed by atoms with Crippen LogP contribution in [0.15, 0.2) is 49.1 Å². The highest BCUT2D eigenvalue weighted by Gasteiger charge is 1.61. The Hall–Kier alpha value is -1.04. The van der Waals surface area contributed by atoms with Gasteiger partial charge >= 0.3 is 0 Å². The zero-order chi connectivity index (χ0) is 8.36. The van der Waals surface area contributed by atoms with Crippen molar-refractivity contribution in [3.8, 4) is 0 Å². The van der Waals surface area contributed by atoms with Crippen molar-refractivity contribution < 1.29 is 0 Å². The molecule has 1 rings (SSSR count). The van der Waals surface area contributed by atoms with Gasteiger partial charge in [0.25, 0.3) is 0 Å². The molecule has 1 aromatic rings. The van der Waals surface area contributed by atoms with E-state index in [1.165, 1.54) is 6.42 Å². The van der Waals surface area contributed by atoms with E-state index in [1.807, 2.05) is 42.5 Å². The first-order chi connectivity index (χ1) is 5.41. The molecule has 0 radical (unpaired) electrons. The monoisotopic (exact) mass is 148 g/mol. The molecule has 0 heteroatoms. The molecule has 1 aromatic carbocycles. The van der Waals surface area contributed by atoms with Gasteiger partial charge in [-0.25, -0.2) is 0 Å². The summed E-state index contributed by atoms with van der Waals surface area (Å²) < 4.78 is 0. The number of hydrogen-bond donors (Lipinski definition) is 0. The quantitative estimate of drug-likeness (QED) is 0.561. The fourth-order valence-electron chi connectivity index (χ4n) is 0.589. The molecule has 0 amide bonds. The molecular weight excluding hydrogens is 132 g/mol. The first kappa shape index (κ1) is 9.96. The molecule has 0 heterocycles. The van der Waals surface area contributed by atoms with Crippen LogP contribution in [-0.4, -0.2) is 0 Å². The zero-order valence-electron chi connectivity index (χ0n) is 7.16. The molecular formula is C11H16. The molecule has 0 saturated heterocycles. The molecule has 0 saturated carbocycles. The fourth-order valence-corrected chi connectivity index (χ4v) is 0.589. The second-order valence-corrected chi connectivity index (χ2v) is 2.23. The predicted octanol–water partition coefficient (Wildman–Crippen LogP) is 3.66. The summed E-state index contributed by atoms with van der Waals surface area (Å²) in [7, 11) is 0. The fraction of sp³-hybridized carbons (Fsp3) is 0.273. The van der Waals surface area contributed by atoms with Crippen LogP contribution in [0, 0.1) is 0 Å². The minimum absolute atomic E-state index is 1.15. The second-order valence-electron chi connectivity index (χ2n) is 2.23. The van der Waals surface area contributed by atoms with Gasteiger partial charge in [-0.2, -0.15) is 0 Å². The molecule has 0 fully saturated rings.